The molecule has 0 radical (unpaired) electrons. The zero-order chi connectivity index (χ0) is 12.4. The highest BCUT2D eigenvalue weighted by molar-refractivity contribution is 6.32. The minimum atomic E-state index is -0.492. The lowest BCUT2D eigenvalue weighted by molar-refractivity contribution is 0.415. The van der Waals surface area contributed by atoms with E-state index >= 15 is 0 Å². The summed E-state index contributed by atoms with van der Waals surface area (Å²) in [6.07, 6.45) is 0. The zero-order valence-electron chi connectivity index (χ0n) is 9.08. The third kappa shape index (κ3) is 2.50. The van der Waals surface area contributed by atoms with Crippen LogP contribution in [0.5, 0.6) is 11.5 Å². The number of benzene rings is 2. The first-order chi connectivity index (χ1) is 8.10. The van der Waals surface area contributed by atoms with Crippen LogP contribution in [0.2, 0.25) is 5.02 Å². The van der Waals surface area contributed by atoms with E-state index in [4.69, 9.17) is 16.3 Å². The van der Waals surface area contributed by atoms with Crippen LogP contribution in [0.4, 0.5) is 4.39 Å². The number of ether oxygens (including phenoxy) is 1. The Morgan fingerprint density at radius 1 is 1.12 bits per heavy atom. The molecule has 0 spiro atoms. The summed E-state index contributed by atoms with van der Waals surface area (Å²) in [7, 11) is 1.51. The van der Waals surface area contributed by atoms with E-state index in [1.165, 1.54) is 19.2 Å². The number of hydrogen-bond donors (Lipinski definition) is 1. The van der Waals surface area contributed by atoms with Crippen molar-refractivity contribution in [2.24, 2.45) is 0 Å². The summed E-state index contributed by atoms with van der Waals surface area (Å²) in [4.78, 5) is 0. The summed E-state index contributed by atoms with van der Waals surface area (Å²) in [5.74, 6) is -0.101. The Bertz CT molecular complexity index is 535. The molecule has 4 heteroatoms. The van der Waals surface area contributed by atoms with Gasteiger partial charge in [-0.05, 0) is 35.4 Å². The van der Waals surface area contributed by atoms with Gasteiger partial charge in [0, 0.05) is 6.07 Å². The van der Waals surface area contributed by atoms with Crippen molar-refractivity contribution < 1.29 is 14.2 Å². The molecule has 2 aromatic carbocycles. The second-order valence-corrected chi connectivity index (χ2v) is 3.95. The fourth-order valence-corrected chi connectivity index (χ4v) is 1.77. The molecule has 0 aliphatic heterocycles. The fraction of sp³-hybridized carbons (Fsp3) is 0.0769. The van der Waals surface area contributed by atoms with E-state index in [0.29, 0.717) is 16.3 Å². The van der Waals surface area contributed by atoms with Crippen LogP contribution in [0.1, 0.15) is 0 Å². The third-order valence-corrected chi connectivity index (χ3v) is 2.68. The largest absolute Gasteiger partial charge is 0.508 e. The molecule has 2 nitrogen and oxygen atoms in total. The molecule has 0 atom stereocenters. The molecule has 17 heavy (non-hydrogen) atoms. The molecule has 1 N–H and O–H groups in total. The molecule has 0 fully saturated rings. The molecule has 0 unspecified atom stereocenters. The van der Waals surface area contributed by atoms with Crippen molar-refractivity contribution in [3.05, 3.63) is 47.2 Å². The van der Waals surface area contributed by atoms with E-state index in [2.05, 4.69) is 0 Å². The van der Waals surface area contributed by atoms with Gasteiger partial charge >= 0.3 is 0 Å². The van der Waals surface area contributed by atoms with Gasteiger partial charge in [-0.15, -0.1) is 0 Å². The molecule has 0 aromatic heterocycles. The Morgan fingerprint density at radius 3 is 2.53 bits per heavy atom. The SMILES string of the molecule is COc1cc(-c2cc(O)cc(F)c2)ccc1Cl. The van der Waals surface area contributed by atoms with Crippen molar-refractivity contribution in [2.45, 2.75) is 0 Å². The smallest absolute Gasteiger partial charge is 0.138 e. The van der Waals surface area contributed by atoms with Crippen LogP contribution in [0, 0.1) is 5.82 Å². The van der Waals surface area contributed by atoms with Gasteiger partial charge in [0.1, 0.15) is 17.3 Å². The second-order valence-electron chi connectivity index (χ2n) is 3.55. The lowest BCUT2D eigenvalue weighted by atomic mass is 10.1. The molecule has 0 bridgehead atoms. The van der Waals surface area contributed by atoms with Crippen LogP contribution in [0.3, 0.4) is 0 Å². The van der Waals surface area contributed by atoms with Crippen LogP contribution in [0.15, 0.2) is 36.4 Å². The third-order valence-electron chi connectivity index (χ3n) is 2.37. The predicted octanol–water partition coefficient (Wildman–Crippen LogP) is 3.86. The maximum absolute atomic E-state index is 13.2. The van der Waals surface area contributed by atoms with Gasteiger partial charge in [0.2, 0.25) is 0 Å². The molecular weight excluding hydrogens is 243 g/mol. The zero-order valence-corrected chi connectivity index (χ0v) is 9.83. The maximum Gasteiger partial charge on any atom is 0.138 e. The molecule has 0 aliphatic carbocycles. The van der Waals surface area contributed by atoms with E-state index in [1.54, 1.807) is 18.2 Å². The van der Waals surface area contributed by atoms with Crippen molar-refractivity contribution in [1.82, 2.24) is 0 Å². The number of halogens is 2. The van der Waals surface area contributed by atoms with Gasteiger partial charge in [-0.2, -0.15) is 0 Å². The van der Waals surface area contributed by atoms with Crippen LogP contribution in [-0.4, -0.2) is 12.2 Å². The highest BCUT2D eigenvalue weighted by Crippen LogP contribution is 2.32. The summed E-state index contributed by atoms with van der Waals surface area (Å²) in [6.45, 7) is 0. The first kappa shape index (κ1) is 11.7. The van der Waals surface area contributed by atoms with Gasteiger partial charge < -0.3 is 9.84 Å². The van der Waals surface area contributed by atoms with Crippen molar-refractivity contribution in [3.63, 3.8) is 0 Å². The van der Waals surface area contributed by atoms with Gasteiger partial charge in [-0.1, -0.05) is 17.7 Å². The number of phenolic OH excluding ortho intramolecular Hbond substituents is 1. The monoisotopic (exact) mass is 252 g/mol. The quantitative estimate of drug-likeness (QED) is 0.879. The maximum atomic E-state index is 13.2. The standard InChI is InChI=1S/C13H10ClFO2/c1-17-13-6-8(2-3-12(13)14)9-4-10(15)7-11(16)5-9/h2-7,16H,1H3. The molecule has 2 aromatic rings. The first-order valence-electron chi connectivity index (χ1n) is 4.93. The molecule has 0 saturated heterocycles. The predicted molar refractivity (Wildman–Crippen MR) is 65.1 cm³/mol. The Kier molecular flexibility index (Phi) is 3.20. The average Bonchev–Trinajstić information content (AvgIpc) is 2.28. The van der Waals surface area contributed by atoms with E-state index in [0.717, 1.165) is 11.6 Å². The Labute approximate surface area is 103 Å². The minimum Gasteiger partial charge on any atom is -0.508 e. The molecule has 0 saturated carbocycles. The van der Waals surface area contributed by atoms with Crippen molar-refractivity contribution >= 4 is 11.6 Å². The molecule has 0 aliphatic rings. The normalized spacial score (nSPS) is 10.3. The van der Waals surface area contributed by atoms with Gasteiger partial charge in [0.05, 0.1) is 12.1 Å². The Hall–Kier alpha value is -1.74. The molecule has 0 heterocycles. The lowest BCUT2D eigenvalue weighted by Gasteiger charge is -2.07. The van der Waals surface area contributed by atoms with E-state index in [-0.39, 0.29) is 5.75 Å². The average molecular weight is 253 g/mol. The van der Waals surface area contributed by atoms with Gasteiger partial charge in [-0.3, -0.25) is 0 Å². The van der Waals surface area contributed by atoms with Crippen LogP contribution < -0.4 is 4.74 Å². The second kappa shape index (κ2) is 4.63. The van der Waals surface area contributed by atoms with Crippen LogP contribution >= 0.6 is 11.6 Å². The van der Waals surface area contributed by atoms with Gasteiger partial charge in [0.25, 0.3) is 0 Å². The number of rotatable bonds is 2. The highest BCUT2D eigenvalue weighted by Gasteiger charge is 2.06. The molecular formula is C13H10ClFO2. The van der Waals surface area contributed by atoms with E-state index in [1.807, 2.05) is 0 Å². The van der Waals surface area contributed by atoms with E-state index < -0.39 is 5.82 Å². The van der Waals surface area contributed by atoms with Gasteiger partial charge in [-0.25, -0.2) is 4.39 Å². The van der Waals surface area contributed by atoms with Crippen LogP contribution in [-0.2, 0) is 0 Å². The lowest BCUT2D eigenvalue weighted by Crippen LogP contribution is -1.86. The summed E-state index contributed by atoms with van der Waals surface area (Å²) in [6, 6.07) is 8.96. The number of aromatic hydroxyl groups is 1. The fourth-order valence-electron chi connectivity index (χ4n) is 1.58. The Balaban J connectivity index is 2.52. The van der Waals surface area contributed by atoms with Crippen molar-refractivity contribution in [3.8, 4) is 22.6 Å². The summed E-state index contributed by atoms with van der Waals surface area (Å²) >= 11 is 5.90. The summed E-state index contributed by atoms with van der Waals surface area (Å²) in [5.41, 5.74) is 1.29. The summed E-state index contributed by atoms with van der Waals surface area (Å²) < 4.78 is 18.2. The van der Waals surface area contributed by atoms with E-state index in [9.17, 15) is 9.50 Å². The summed E-state index contributed by atoms with van der Waals surface area (Å²) in [5, 5.41) is 9.82. The molecule has 2 rings (SSSR count). The van der Waals surface area contributed by atoms with Crippen molar-refractivity contribution in [1.29, 1.82) is 0 Å². The number of phenols is 1. The number of hydrogen-bond acceptors (Lipinski definition) is 2. The first-order valence-corrected chi connectivity index (χ1v) is 5.31. The van der Waals surface area contributed by atoms with Crippen molar-refractivity contribution in [2.75, 3.05) is 7.11 Å². The topological polar surface area (TPSA) is 29.5 Å². The molecule has 0 amide bonds. The van der Waals surface area contributed by atoms with Crippen LogP contribution in [0.25, 0.3) is 11.1 Å². The minimum absolute atomic E-state index is 0.117. The van der Waals surface area contributed by atoms with Gasteiger partial charge in [0.15, 0.2) is 0 Å². The number of methoxy groups -OCH3 is 1. The highest BCUT2D eigenvalue weighted by atomic mass is 35.5. The Morgan fingerprint density at radius 2 is 1.88 bits per heavy atom. The molecule has 88 valence electrons.